The molecule has 0 saturated heterocycles. The molecule has 0 fully saturated rings. The molecule has 4 nitrogen and oxygen atoms in total. The molecule has 0 amide bonds. The maximum Gasteiger partial charge on any atom is 0.332 e. The summed E-state index contributed by atoms with van der Waals surface area (Å²) in [6.45, 7) is 1.74. The second-order valence-corrected chi connectivity index (χ2v) is 6.57. The molecule has 19 heavy (non-hydrogen) atoms. The summed E-state index contributed by atoms with van der Waals surface area (Å²) in [7, 11) is -4.21. The largest absolute Gasteiger partial charge is 0.332 e. The normalized spacial score (nSPS) is 13.2. The summed E-state index contributed by atoms with van der Waals surface area (Å²) in [5.41, 5.74) is 1.27. The lowest BCUT2D eigenvalue weighted by Gasteiger charge is -2.11. The molecular weight excluding hydrogens is 263 g/mol. The van der Waals surface area contributed by atoms with Crippen molar-refractivity contribution in [3.05, 3.63) is 35.9 Å². The first-order valence-corrected chi connectivity index (χ1v) is 8.29. The highest BCUT2D eigenvalue weighted by molar-refractivity contribution is 7.52. The zero-order chi connectivity index (χ0) is 14.3. The van der Waals surface area contributed by atoms with E-state index >= 15 is 0 Å². The van der Waals surface area contributed by atoms with Gasteiger partial charge in [0.2, 0.25) is 0 Å². The van der Waals surface area contributed by atoms with Crippen molar-refractivity contribution in [1.82, 2.24) is 0 Å². The minimum Gasteiger partial charge on any atom is -0.324 e. The molecule has 106 valence electrons. The first kappa shape index (κ1) is 16.1. The van der Waals surface area contributed by atoms with Gasteiger partial charge in [-0.05, 0) is 24.8 Å². The maximum absolute atomic E-state index is 11.5. The van der Waals surface area contributed by atoms with E-state index in [1.165, 1.54) is 5.56 Å². The van der Waals surface area contributed by atoms with Gasteiger partial charge in [-0.15, -0.1) is 0 Å². The first-order chi connectivity index (χ1) is 8.88. The van der Waals surface area contributed by atoms with Crippen LogP contribution in [0.25, 0.3) is 0 Å². The molecular formula is C14H21O4P. The molecule has 0 heterocycles. The van der Waals surface area contributed by atoms with Crippen LogP contribution in [0.15, 0.2) is 30.3 Å². The van der Waals surface area contributed by atoms with Crippen molar-refractivity contribution in [2.45, 2.75) is 32.6 Å². The van der Waals surface area contributed by atoms with Crippen LogP contribution in [0.1, 0.15) is 31.7 Å². The summed E-state index contributed by atoms with van der Waals surface area (Å²) in [5, 5.41) is 0. The van der Waals surface area contributed by atoms with Gasteiger partial charge in [0.05, 0.1) is 0 Å². The molecule has 1 aromatic carbocycles. The molecule has 1 aromatic rings. The molecule has 0 bridgehead atoms. The number of benzene rings is 1. The highest BCUT2D eigenvalue weighted by Crippen LogP contribution is 2.35. The molecule has 1 atom stereocenters. The van der Waals surface area contributed by atoms with E-state index in [4.69, 9.17) is 9.79 Å². The van der Waals surface area contributed by atoms with Crippen LogP contribution in [0, 0.1) is 5.92 Å². The molecule has 0 aliphatic heterocycles. The Morgan fingerprint density at radius 1 is 1.21 bits per heavy atom. The van der Waals surface area contributed by atoms with Crippen molar-refractivity contribution in [3.63, 3.8) is 0 Å². The fraction of sp³-hybridized carbons (Fsp3) is 0.500. The highest BCUT2D eigenvalue weighted by atomic mass is 31.2. The van der Waals surface area contributed by atoms with E-state index < -0.39 is 13.8 Å². The lowest BCUT2D eigenvalue weighted by atomic mass is 9.98. The van der Waals surface area contributed by atoms with Crippen LogP contribution in [0.2, 0.25) is 0 Å². The number of hydrogen-bond donors (Lipinski definition) is 2. The Morgan fingerprint density at radius 2 is 1.84 bits per heavy atom. The fourth-order valence-corrected chi connectivity index (χ4v) is 2.66. The summed E-state index contributed by atoms with van der Waals surface area (Å²) in [4.78, 5) is 29.0. The average molecular weight is 284 g/mol. The lowest BCUT2D eigenvalue weighted by molar-refractivity contribution is -0.120. The van der Waals surface area contributed by atoms with Gasteiger partial charge in [-0.25, -0.2) is 0 Å². The van der Waals surface area contributed by atoms with Crippen molar-refractivity contribution in [3.8, 4) is 0 Å². The van der Waals surface area contributed by atoms with Crippen LogP contribution in [0.3, 0.4) is 0 Å². The van der Waals surface area contributed by atoms with Crippen LogP contribution < -0.4 is 0 Å². The van der Waals surface area contributed by atoms with Gasteiger partial charge in [-0.2, -0.15) is 0 Å². The minimum absolute atomic E-state index is 0.275. The molecule has 0 radical (unpaired) electrons. The first-order valence-electron chi connectivity index (χ1n) is 6.49. The monoisotopic (exact) mass is 284 g/mol. The zero-order valence-electron chi connectivity index (χ0n) is 11.2. The second kappa shape index (κ2) is 7.59. The molecule has 0 saturated carbocycles. The summed E-state index contributed by atoms with van der Waals surface area (Å²) in [6, 6.07) is 10.1. The summed E-state index contributed by atoms with van der Waals surface area (Å²) in [6.07, 6.45) is 2.90. The molecule has 0 aliphatic rings. The molecule has 0 spiro atoms. The van der Waals surface area contributed by atoms with Gasteiger partial charge in [-0.1, -0.05) is 43.7 Å². The van der Waals surface area contributed by atoms with E-state index in [1.54, 1.807) is 6.92 Å². The van der Waals surface area contributed by atoms with Gasteiger partial charge in [0.15, 0.2) is 0 Å². The van der Waals surface area contributed by atoms with Crippen LogP contribution in [-0.2, 0) is 15.8 Å². The van der Waals surface area contributed by atoms with Crippen molar-refractivity contribution in [2.75, 3.05) is 6.16 Å². The summed E-state index contributed by atoms with van der Waals surface area (Å²) in [5.74, 6) is -0.614. The summed E-state index contributed by atoms with van der Waals surface area (Å²) >= 11 is 0. The number of Topliss-reactive ketones (excluding diaryl/α,β-unsaturated/α-hetero) is 1. The lowest BCUT2D eigenvalue weighted by Crippen LogP contribution is -2.15. The number of aryl methyl sites for hydroxylation is 1. The molecule has 0 aromatic heterocycles. The Bertz CT molecular complexity index is 438. The van der Waals surface area contributed by atoms with E-state index in [1.807, 2.05) is 18.2 Å². The van der Waals surface area contributed by atoms with E-state index in [0.29, 0.717) is 6.42 Å². The van der Waals surface area contributed by atoms with Crippen LogP contribution in [-0.4, -0.2) is 21.7 Å². The number of carbonyl (C=O) groups is 1. The minimum atomic E-state index is -4.21. The Balaban J connectivity index is 2.22. The third kappa shape index (κ3) is 7.26. The predicted molar refractivity (Wildman–Crippen MR) is 75.1 cm³/mol. The van der Waals surface area contributed by atoms with Crippen molar-refractivity contribution in [2.24, 2.45) is 5.92 Å². The van der Waals surface area contributed by atoms with Crippen LogP contribution in [0.5, 0.6) is 0 Å². The van der Waals surface area contributed by atoms with Gasteiger partial charge in [0.25, 0.3) is 0 Å². The van der Waals surface area contributed by atoms with Crippen molar-refractivity contribution in [1.29, 1.82) is 0 Å². The van der Waals surface area contributed by atoms with E-state index in [0.717, 1.165) is 19.3 Å². The molecule has 1 rings (SSSR count). The van der Waals surface area contributed by atoms with Crippen molar-refractivity contribution < 1.29 is 19.1 Å². The van der Waals surface area contributed by atoms with Gasteiger partial charge in [0, 0.05) is 5.92 Å². The third-order valence-corrected chi connectivity index (χ3v) is 3.83. The Kier molecular flexibility index (Phi) is 6.43. The van der Waals surface area contributed by atoms with Gasteiger partial charge in [0.1, 0.15) is 11.9 Å². The standard InChI is InChI=1S/C14H21O4P/c1-12(14(15)11-19(16,17)18)7-5-6-10-13-8-3-2-4-9-13/h2-4,8-9,12H,5-7,10-11H2,1H3,(H2,16,17,18)/t12-/m0/s1. The van der Waals surface area contributed by atoms with E-state index in [9.17, 15) is 9.36 Å². The quantitative estimate of drug-likeness (QED) is 0.568. The van der Waals surface area contributed by atoms with E-state index in [2.05, 4.69) is 12.1 Å². The highest BCUT2D eigenvalue weighted by Gasteiger charge is 2.22. The predicted octanol–water partition coefficient (Wildman–Crippen LogP) is 2.78. The molecule has 0 aliphatic carbocycles. The van der Waals surface area contributed by atoms with Crippen LogP contribution in [0.4, 0.5) is 0 Å². The maximum atomic E-state index is 11.5. The molecule has 2 N–H and O–H groups in total. The number of ketones is 1. The van der Waals surface area contributed by atoms with Gasteiger partial charge >= 0.3 is 7.60 Å². The van der Waals surface area contributed by atoms with Gasteiger partial charge < -0.3 is 9.79 Å². The van der Waals surface area contributed by atoms with E-state index in [-0.39, 0.29) is 11.7 Å². The smallest absolute Gasteiger partial charge is 0.324 e. The topological polar surface area (TPSA) is 74.6 Å². The molecule has 5 heteroatoms. The summed E-state index contributed by atoms with van der Waals surface area (Å²) < 4.78 is 10.7. The Labute approximate surface area is 114 Å². The van der Waals surface area contributed by atoms with Gasteiger partial charge in [-0.3, -0.25) is 9.36 Å². The van der Waals surface area contributed by atoms with Crippen LogP contribution >= 0.6 is 7.60 Å². The SMILES string of the molecule is C[C@@H](CCCCc1ccccc1)C(=O)CP(=O)(O)O. The Hall–Kier alpha value is -0.960. The van der Waals surface area contributed by atoms with Crippen molar-refractivity contribution >= 4 is 13.4 Å². The number of unbranched alkanes of at least 4 members (excludes halogenated alkanes) is 1. The number of hydrogen-bond acceptors (Lipinski definition) is 2. The average Bonchev–Trinajstić information content (AvgIpc) is 2.33. The number of rotatable bonds is 8. The third-order valence-electron chi connectivity index (χ3n) is 3.11. The zero-order valence-corrected chi connectivity index (χ0v) is 12.1. The Morgan fingerprint density at radius 3 is 2.42 bits per heavy atom. The fourth-order valence-electron chi connectivity index (χ4n) is 1.94. The number of carbonyl (C=O) groups excluding carboxylic acids is 1. The molecule has 0 unspecified atom stereocenters. The second-order valence-electron chi connectivity index (χ2n) is 4.92.